The lowest BCUT2D eigenvalue weighted by atomic mass is 9.97. The van der Waals surface area contributed by atoms with Crippen molar-refractivity contribution in [1.82, 2.24) is 20.0 Å². The van der Waals surface area contributed by atoms with Gasteiger partial charge in [0.15, 0.2) is 0 Å². The minimum absolute atomic E-state index is 0.120. The first-order valence-electron chi connectivity index (χ1n) is 7.30. The van der Waals surface area contributed by atoms with Gasteiger partial charge in [0.05, 0.1) is 5.69 Å². The SMILES string of the molecule is CCc1cc(C(=O)NCC2CCN(C(=O)O)CC2)n(C)n1. The second kappa shape index (κ2) is 6.60. The summed E-state index contributed by atoms with van der Waals surface area (Å²) in [6.45, 7) is 3.67. The smallest absolute Gasteiger partial charge is 0.407 e. The number of nitrogens with one attached hydrogen (secondary N) is 1. The van der Waals surface area contributed by atoms with Crippen molar-refractivity contribution in [1.29, 1.82) is 0 Å². The van der Waals surface area contributed by atoms with Gasteiger partial charge in [0.1, 0.15) is 5.69 Å². The van der Waals surface area contributed by atoms with Gasteiger partial charge >= 0.3 is 6.09 Å². The number of likely N-dealkylation sites (tertiary alicyclic amines) is 1. The first kappa shape index (κ1) is 15.3. The maximum atomic E-state index is 12.1. The first-order chi connectivity index (χ1) is 10.0. The molecule has 1 aliphatic rings. The Morgan fingerprint density at radius 2 is 2.10 bits per heavy atom. The summed E-state index contributed by atoms with van der Waals surface area (Å²) in [4.78, 5) is 24.4. The van der Waals surface area contributed by atoms with E-state index < -0.39 is 6.09 Å². The fraction of sp³-hybridized carbons (Fsp3) is 0.643. The summed E-state index contributed by atoms with van der Waals surface area (Å²) in [6, 6.07) is 1.81. The number of hydrogen-bond donors (Lipinski definition) is 2. The van der Waals surface area contributed by atoms with Crippen LogP contribution in [0.2, 0.25) is 0 Å². The Labute approximate surface area is 123 Å². The zero-order valence-electron chi connectivity index (χ0n) is 12.5. The summed E-state index contributed by atoms with van der Waals surface area (Å²) in [5, 5.41) is 16.1. The summed E-state index contributed by atoms with van der Waals surface area (Å²) < 4.78 is 1.60. The Bertz CT molecular complexity index is 518. The summed E-state index contributed by atoms with van der Waals surface area (Å²) in [6.07, 6.45) is 1.52. The number of amides is 2. The highest BCUT2D eigenvalue weighted by Gasteiger charge is 2.23. The molecule has 2 rings (SSSR count). The Morgan fingerprint density at radius 3 is 2.62 bits per heavy atom. The van der Waals surface area contributed by atoms with Gasteiger partial charge in [-0.15, -0.1) is 0 Å². The predicted molar refractivity (Wildman–Crippen MR) is 77.2 cm³/mol. The molecule has 0 radical (unpaired) electrons. The van der Waals surface area contributed by atoms with Crippen LogP contribution in [0.5, 0.6) is 0 Å². The van der Waals surface area contributed by atoms with Gasteiger partial charge in [-0.25, -0.2) is 4.79 Å². The van der Waals surface area contributed by atoms with E-state index in [4.69, 9.17) is 5.11 Å². The van der Waals surface area contributed by atoms with Crippen LogP contribution in [0.25, 0.3) is 0 Å². The van der Waals surface area contributed by atoms with E-state index in [-0.39, 0.29) is 5.91 Å². The summed E-state index contributed by atoms with van der Waals surface area (Å²) in [5.41, 5.74) is 1.47. The van der Waals surface area contributed by atoms with Gasteiger partial charge in [0, 0.05) is 26.7 Å². The molecule has 0 spiro atoms. The number of aryl methyl sites for hydroxylation is 2. The van der Waals surface area contributed by atoms with Gasteiger partial charge in [-0.1, -0.05) is 6.92 Å². The molecular formula is C14H22N4O3. The molecule has 116 valence electrons. The normalized spacial score (nSPS) is 16.0. The molecule has 2 heterocycles. The molecule has 1 aliphatic heterocycles. The number of aromatic nitrogens is 2. The van der Waals surface area contributed by atoms with Gasteiger partial charge in [0.25, 0.3) is 5.91 Å². The van der Waals surface area contributed by atoms with Gasteiger partial charge in [-0.2, -0.15) is 5.10 Å². The maximum absolute atomic E-state index is 12.1. The van der Waals surface area contributed by atoms with Crippen molar-refractivity contribution < 1.29 is 14.7 Å². The highest BCUT2D eigenvalue weighted by Crippen LogP contribution is 2.16. The standard InChI is InChI=1S/C14H22N4O3/c1-3-11-8-12(17(2)16-11)13(19)15-9-10-4-6-18(7-5-10)14(20)21/h8,10H,3-7,9H2,1-2H3,(H,15,19)(H,20,21). The Hall–Kier alpha value is -2.05. The third-order valence-corrected chi connectivity index (χ3v) is 3.96. The number of nitrogens with zero attached hydrogens (tertiary/aromatic N) is 3. The van der Waals surface area contributed by atoms with Gasteiger partial charge in [-0.05, 0) is 31.2 Å². The van der Waals surface area contributed by atoms with Crippen molar-refractivity contribution in [2.75, 3.05) is 19.6 Å². The van der Waals surface area contributed by atoms with Crippen LogP contribution in [0.15, 0.2) is 6.07 Å². The Kier molecular flexibility index (Phi) is 4.82. The molecule has 2 N–H and O–H groups in total. The Morgan fingerprint density at radius 1 is 1.43 bits per heavy atom. The predicted octanol–water partition coefficient (Wildman–Crippen LogP) is 1.10. The van der Waals surface area contributed by atoms with Crippen LogP contribution in [0, 0.1) is 5.92 Å². The zero-order chi connectivity index (χ0) is 15.4. The minimum Gasteiger partial charge on any atom is -0.465 e. The molecule has 0 saturated carbocycles. The molecule has 0 aromatic carbocycles. The fourth-order valence-corrected chi connectivity index (χ4v) is 2.57. The molecule has 1 saturated heterocycles. The lowest BCUT2D eigenvalue weighted by Gasteiger charge is -2.29. The van der Waals surface area contributed by atoms with Crippen LogP contribution in [0.3, 0.4) is 0 Å². The molecule has 7 heteroatoms. The van der Waals surface area contributed by atoms with Crippen molar-refractivity contribution in [2.24, 2.45) is 13.0 Å². The van der Waals surface area contributed by atoms with E-state index in [0.29, 0.717) is 31.2 Å². The largest absolute Gasteiger partial charge is 0.465 e. The second-order valence-corrected chi connectivity index (χ2v) is 5.42. The molecule has 1 aromatic rings. The maximum Gasteiger partial charge on any atom is 0.407 e. The van der Waals surface area contributed by atoms with E-state index in [0.717, 1.165) is 25.0 Å². The summed E-state index contributed by atoms with van der Waals surface area (Å²) >= 11 is 0. The van der Waals surface area contributed by atoms with Gasteiger partial charge in [0.2, 0.25) is 0 Å². The van der Waals surface area contributed by atoms with Crippen molar-refractivity contribution in [3.63, 3.8) is 0 Å². The van der Waals surface area contributed by atoms with E-state index in [2.05, 4.69) is 10.4 Å². The molecule has 0 atom stereocenters. The molecular weight excluding hydrogens is 272 g/mol. The number of hydrogen-bond acceptors (Lipinski definition) is 3. The first-order valence-corrected chi connectivity index (χ1v) is 7.30. The van der Waals surface area contributed by atoms with Crippen molar-refractivity contribution in [3.05, 3.63) is 17.5 Å². The molecule has 21 heavy (non-hydrogen) atoms. The lowest BCUT2D eigenvalue weighted by molar-refractivity contribution is 0.0919. The third kappa shape index (κ3) is 3.74. The topological polar surface area (TPSA) is 87.5 Å². The van der Waals surface area contributed by atoms with Crippen LogP contribution in [0.4, 0.5) is 4.79 Å². The van der Waals surface area contributed by atoms with Crippen molar-refractivity contribution in [2.45, 2.75) is 26.2 Å². The summed E-state index contributed by atoms with van der Waals surface area (Å²) in [7, 11) is 1.76. The number of carbonyl (C=O) groups excluding carboxylic acids is 1. The van der Waals surface area contributed by atoms with E-state index >= 15 is 0 Å². The van der Waals surface area contributed by atoms with Crippen LogP contribution in [-0.4, -0.2) is 51.4 Å². The molecule has 0 aliphatic carbocycles. The van der Waals surface area contributed by atoms with Crippen LogP contribution in [0.1, 0.15) is 35.9 Å². The van der Waals surface area contributed by atoms with Crippen LogP contribution < -0.4 is 5.32 Å². The molecule has 0 bridgehead atoms. The highest BCUT2D eigenvalue weighted by molar-refractivity contribution is 5.92. The molecule has 1 aromatic heterocycles. The highest BCUT2D eigenvalue weighted by atomic mass is 16.4. The van der Waals surface area contributed by atoms with E-state index in [1.165, 1.54) is 4.90 Å². The van der Waals surface area contributed by atoms with Gasteiger partial charge < -0.3 is 15.3 Å². The quantitative estimate of drug-likeness (QED) is 0.870. The average molecular weight is 294 g/mol. The summed E-state index contributed by atoms with van der Waals surface area (Å²) in [5.74, 6) is 0.216. The molecule has 2 amide bonds. The minimum atomic E-state index is -0.862. The van der Waals surface area contributed by atoms with Gasteiger partial charge in [-0.3, -0.25) is 9.48 Å². The third-order valence-electron chi connectivity index (χ3n) is 3.96. The fourth-order valence-electron chi connectivity index (χ4n) is 2.57. The van der Waals surface area contributed by atoms with Crippen LogP contribution >= 0.6 is 0 Å². The zero-order valence-corrected chi connectivity index (χ0v) is 12.5. The Balaban J connectivity index is 1.82. The number of carboxylic acid groups (broad SMARTS) is 1. The van der Waals surface area contributed by atoms with Crippen molar-refractivity contribution in [3.8, 4) is 0 Å². The lowest BCUT2D eigenvalue weighted by Crippen LogP contribution is -2.41. The van der Waals surface area contributed by atoms with E-state index in [1.807, 2.05) is 13.0 Å². The number of rotatable bonds is 4. The average Bonchev–Trinajstić information content (AvgIpc) is 2.86. The monoisotopic (exact) mass is 294 g/mol. The van der Waals surface area contributed by atoms with Crippen molar-refractivity contribution >= 4 is 12.0 Å². The molecule has 7 nitrogen and oxygen atoms in total. The second-order valence-electron chi connectivity index (χ2n) is 5.42. The van der Waals surface area contributed by atoms with Crippen LogP contribution in [-0.2, 0) is 13.5 Å². The van der Waals surface area contributed by atoms with E-state index in [1.54, 1.807) is 11.7 Å². The van der Waals surface area contributed by atoms with E-state index in [9.17, 15) is 9.59 Å². The molecule has 1 fully saturated rings. The molecule has 0 unspecified atom stereocenters. The number of carbonyl (C=O) groups is 2. The number of piperidine rings is 1.